The van der Waals surface area contributed by atoms with E-state index in [0.29, 0.717) is 12.3 Å². The second-order valence-corrected chi connectivity index (χ2v) is 7.00. The molecule has 26 heavy (non-hydrogen) atoms. The maximum Gasteiger partial charge on any atom is 0.226 e. The highest BCUT2D eigenvalue weighted by atomic mass is 16.5. The Morgan fingerprint density at radius 1 is 1.42 bits per heavy atom. The van der Waals surface area contributed by atoms with Crippen LogP contribution in [0.25, 0.3) is 0 Å². The molecule has 1 aliphatic heterocycles. The molecule has 0 saturated carbocycles. The molecule has 0 radical (unpaired) electrons. The van der Waals surface area contributed by atoms with Gasteiger partial charge in [-0.05, 0) is 26.8 Å². The molecule has 7 nitrogen and oxygen atoms in total. The Kier molecular flexibility index (Phi) is 5.56. The lowest BCUT2D eigenvalue weighted by atomic mass is 10.1. The molecule has 0 saturated heterocycles. The monoisotopic (exact) mass is 357 g/mol. The van der Waals surface area contributed by atoms with E-state index >= 15 is 0 Å². The van der Waals surface area contributed by atoms with Crippen LogP contribution in [0.3, 0.4) is 0 Å². The second kappa shape index (κ2) is 7.86. The van der Waals surface area contributed by atoms with Crippen molar-refractivity contribution in [3.05, 3.63) is 41.6 Å². The van der Waals surface area contributed by atoms with Crippen LogP contribution in [0.4, 0.5) is 0 Å². The van der Waals surface area contributed by atoms with Crippen LogP contribution in [-0.4, -0.2) is 45.0 Å². The van der Waals surface area contributed by atoms with Crippen LogP contribution in [0.5, 0.6) is 5.88 Å². The van der Waals surface area contributed by atoms with Crippen molar-refractivity contribution in [1.82, 2.24) is 24.8 Å². The summed E-state index contributed by atoms with van der Waals surface area (Å²) in [5.74, 6) is 1.69. The number of carbonyl (C=O) groups is 1. The van der Waals surface area contributed by atoms with E-state index in [-0.39, 0.29) is 18.0 Å². The summed E-state index contributed by atoms with van der Waals surface area (Å²) in [6.45, 7) is 8.61. The molecule has 0 aliphatic carbocycles. The highest BCUT2D eigenvalue weighted by Gasteiger charge is 2.27. The number of nitrogens with zero attached hydrogens (tertiary/aromatic N) is 4. The van der Waals surface area contributed by atoms with Gasteiger partial charge in [0, 0.05) is 43.6 Å². The van der Waals surface area contributed by atoms with Crippen molar-refractivity contribution < 1.29 is 9.53 Å². The molecule has 1 unspecified atom stereocenters. The van der Waals surface area contributed by atoms with E-state index in [2.05, 4.69) is 26.7 Å². The van der Waals surface area contributed by atoms with Crippen LogP contribution in [-0.2, 0) is 24.3 Å². The number of hydrogen-bond acceptors (Lipinski definition) is 5. The van der Waals surface area contributed by atoms with Crippen LogP contribution >= 0.6 is 0 Å². The number of carbonyl (C=O) groups excluding carboxylic acids is 1. The molecule has 1 amide bonds. The second-order valence-electron chi connectivity index (χ2n) is 7.00. The number of nitrogens with one attached hydrogen (secondary N) is 1. The van der Waals surface area contributed by atoms with Gasteiger partial charge in [-0.3, -0.25) is 9.69 Å². The SMILES string of the molecule is COc1ncccc1CN1CCn2cc(CC(=O)NC(C)C)nc2C1C. The highest BCUT2D eigenvalue weighted by Crippen LogP contribution is 2.28. The molecule has 7 heteroatoms. The van der Waals surface area contributed by atoms with Gasteiger partial charge in [-0.25, -0.2) is 9.97 Å². The van der Waals surface area contributed by atoms with E-state index < -0.39 is 0 Å². The Bertz CT molecular complexity index is 771. The molecular weight excluding hydrogens is 330 g/mol. The molecule has 0 bridgehead atoms. The first-order chi connectivity index (χ1) is 12.5. The number of rotatable bonds is 6. The van der Waals surface area contributed by atoms with Gasteiger partial charge >= 0.3 is 0 Å². The third-order valence-corrected chi connectivity index (χ3v) is 4.61. The minimum absolute atomic E-state index is 0.0139. The fourth-order valence-corrected chi connectivity index (χ4v) is 3.38. The molecule has 3 heterocycles. The normalized spacial score (nSPS) is 17.2. The van der Waals surface area contributed by atoms with Gasteiger partial charge in [-0.15, -0.1) is 0 Å². The molecule has 140 valence electrons. The lowest BCUT2D eigenvalue weighted by molar-refractivity contribution is -0.120. The number of imidazole rings is 1. The molecule has 1 aliphatic rings. The van der Waals surface area contributed by atoms with E-state index in [4.69, 9.17) is 9.72 Å². The van der Waals surface area contributed by atoms with E-state index in [1.165, 1.54) is 0 Å². The maximum absolute atomic E-state index is 12.0. The topological polar surface area (TPSA) is 72.3 Å². The Morgan fingerprint density at radius 2 is 2.23 bits per heavy atom. The number of fused-ring (bicyclic) bond motifs is 1. The highest BCUT2D eigenvalue weighted by molar-refractivity contribution is 5.78. The Labute approximate surface area is 154 Å². The standard InChI is InChI=1S/C19H27N5O2/c1-13(2)21-17(25)10-16-12-24-9-8-23(14(3)18(24)22-16)11-15-6-5-7-20-19(15)26-4/h5-7,12-14H,8-11H2,1-4H3,(H,21,25). The van der Waals surface area contributed by atoms with Crippen LogP contribution in [0.2, 0.25) is 0 Å². The molecule has 2 aromatic heterocycles. The van der Waals surface area contributed by atoms with E-state index in [1.807, 2.05) is 32.2 Å². The summed E-state index contributed by atoms with van der Waals surface area (Å²) in [6, 6.07) is 4.28. The average Bonchev–Trinajstić information content (AvgIpc) is 3.00. The molecule has 1 N–H and O–H groups in total. The molecule has 0 fully saturated rings. The van der Waals surface area contributed by atoms with Crippen LogP contribution in [0, 0.1) is 0 Å². The van der Waals surface area contributed by atoms with E-state index in [0.717, 1.165) is 36.7 Å². The summed E-state index contributed by atoms with van der Waals surface area (Å²) in [5.41, 5.74) is 1.89. The van der Waals surface area contributed by atoms with Crippen LogP contribution < -0.4 is 10.1 Å². The largest absolute Gasteiger partial charge is 0.481 e. The molecular formula is C19H27N5O2. The summed E-state index contributed by atoms with van der Waals surface area (Å²) in [4.78, 5) is 23.4. The summed E-state index contributed by atoms with van der Waals surface area (Å²) < 4.78 is 7.53. The minimum Gasteiger partial charge on any atom is -0.481 e. The zero-order chi connectivity index (χ0) is 18.7. The van der Waals surface area contributed by atoms with Gasteiger partial charge in [0.1, 0.15) is 5.82 Å². The summed E-state index contributed by atoms with van der Waals surface area (Å²) in [7, 11) is 1.65. The lowest BCUT2D eigenvalue weighted by Crippen LogP contribution is -2.36. The van der Waals surface area contributed by atoms with Gasteiger partial charge in [-0.2, -0.15) is 0 Å². The van der Waals surface area contributed by atoms with Crippen molar-refractivity contribution >= 4 is 5.91 Å². The third kappa shape index (κ3) is 4.04. The van der Waals surface area contributed by atoms with Crippen molar-refractivity contribution in [2.24, 2.45) is 0 Å². The molecule has 3 rings (SSSR count). The first kappa shape index (κ1) is 18.4. The Balaban J connectivity index is 1.72. The number of aromatic nitrogens is 3. The van der Waals surface area contributed by atoms with Gasteiger partial charge in [-0.1, -0.05) is 6.07 Å². The van der Waals surface area contributed by atoms with Gasteiger partial charge < -0.3 is 14.6 Å². The van der Waals surface area contributed by atoms with Gasteiger partial charge in [0.2, 0.25) is 11.8 Å². The predicted octanol–water partition coefficient (Wildman–Crippen LogP) is 1.93. The minimum atomic E-state index is 0.0139. The van der Waals surface area contributed by atoms with Crippen molar-refractivity contribution in [1.29, 1.82) is 0 Å². The fraction of sp³-hybridized carbons (Fsp3) is 0.526. The molecule has 2 aromatic rings. The van der Waals surface area contributed by atoms with E-state index in [1.54, 1.807) is 13.3 Å². The summed E-state index contributed by atoms with van der Waals surface area (Å²) in [6.07, 6.45) is 4.07. The smallest absolute Gasteiger partial charge is 0.226 e. The average molecular weight is 357 g/mol. The van der Waals surface area contributed by atoms with Crippen LogP contribution in [0.1, 0.15) is 43.9 Å². The summed E-state index contributed by atoms with van der Waals surface area (Å²) >= 11 is 0. The molecule has 0 aromatic carbocycles. The van der Waals surface area contributed by atoms with Crippen molar-refractivity contribution in [2.75, 3.05) is 13.7 Å². The van der Waals surface area contributed by atoms with Crippen molar-refractivity contribution in [2.45, 2.75) is 52.4 Å². The zero-order valence-corrected chi connectivity index (χ0v) is 15.9. The number of hydrogen-bond donors (Lipinski definition) is 1. The Morgan fingerprint density at radius 3 is 2.96 bits per heavy atom. The maximum atomic E-state index is 12.0. The van der Waals surface area contributed by atoms with Crippen molar-refractivity contribution in [3.8, 4) is 5.88 Å². The van der Waals surface area contributed by atoms with Gasteiger partial charge in [0.15, 0.2) is 0 Å². The Hall–Kier alpha value is -2.41. The van der Waals surface area contributed by atoms with Crippen LogP contribution in [0.15, 0.2) is 24.5 Å². The summed E-state index contributed by atoms with van der Waals surface area (Å²) in [5, 5.41) is 2.92. The number of amides is 1. The van der Waals surface area contributed by atoms with E-state index in [9.17, 15) is 4.79 Å². The predicted molar refractivity (Wildman–Crippen MR) is 98.8 cm³/mol. The quantitative estimate of drug-likeness (QED) is 0.855. The number of pyridine rings is 1. The molecule has 1 atom stereocenters. The van der Waals surface area contributed by atoms with Crippen molar-refractivity contribution in [3.63, 3.8) is 0 Å². The van der Waals surface area contributed by atoms with Gasteiger partial charge in [0.05, 0.1) is 25.3 Å². The number of methoxy groups -OCH3 is 1. The fourth-order valence-electron chi connectivity index (χ4n) is 3.38. The first-order valence-corrected chi connectivity index (χ1v) is 9.05. The van der Waals surface area contributed by atoms with Gasteiger partial charge in [0.25, 0.3) is 0 Å². The zero-order valence-electron chi connectivity index (χ0n) is 15.9. The number of ether oxygens (including phenoxy) is 1. The lowest BCUT2D eigenvalue weighted by Gasteiger charge is -2.33. The first-order valence-electron chi connectivity index (χ1n) is 9.05. The third-order valence-electron chi connectivity index (χ3n) is 4.61. The molecule has 0 spiro atoms.